The predicted octanol–water partition coefficient (Wildman–Crippen LogP) is 2.78. The summed E-state index contributed by atoms with van der Waals surface area (Å²) in [7, 11) is 3.15. The summed E-state index contributed by atoms with van der Waals surface area (Å²) in [5, 5.41) is 9.42. The second kappa shape index (κ2) is 7.33. The highest BCUT2D eigenvalue weighted by Gasteiger charge is 2.15. The molecule has 1 amide bonds. The van der Waals surface area contributed by atoms with Crippen LogP contribution in [-0.4, -0.2) is 30.3 Å². The Morgan fingerprint density at radius 3 is 2.55 bits per heavy atom. The second-order valence-electron chi connectivity index (χ2n) is 3.92. The predicted molar refractivity (Wildman–Crippen MR) is 80.1 cm³/mol. The van der Waals surface area contributed by atoms with Crippen molar-refractivity contribution >= 4 is 5.91 Å². The smallest absolute Gasteiger partial charge is 0.254 e. The van der Waals surface area contributed by atoms with Gasteiger partial charge in [-0.05, 0) is 30.7 Å². The van der Waals surface area contributed by atoms with Gasteiger partial charge in [-0.3, -0.25) is 9.89 Å². The van der Waals surface area contributed by atoms with Crippen LogP contribution in [0.1, 0.15) is 29.8 Å². The summed E-state index contributed by atoms with van der Waals surface area (Å²) in [6.45, 7) is 5.96. The number of amides is 1. The van der Waals surface area contributed by atoms with Gasteiger partial charge in [-0.25, -0.2) is 0 Å². The van der Waals surface area contributed by atoms with Crippen molar-refractivity contribution in [1.29, 1.82) is 0 Å². The molecule has 1 heterocycles. The number of aromatic amines is 1. The van der Waals surface area contributed by atoms with E-state index in [2.05, 4.69) is 15.5 Å². The van der Waals surface area contributed by atoms with Gasteiger partial charge >= 0.3 is 0 Å². The lowest BCUT2D eigenvalue weighted by Crippen LogP contribution is -2.19. The van der Waals surface area contributed by atoms with Crippen LogP contribution in [0.5, 0.6) is 5.75 Å². The summed E-state index contributed by atoms with van der Waals surface area (Å²) in [6, 6.07) is 5.52. The first-order chi connectivity index (χ1) is 9.67. The van der Waals surface area contributed by atoms with E-state index in [1.807, 2.05) is 32.9 Å². The van der Waals surface area contributed by atoms with E-state index in [0.717, 1.165) is 16.8 Å². The number of nitrogens with zero attached hydrogens (tertiary/aromatic N) is 1. The summed E-state index contributed by atoms with van der Waals surface area (Å²) in [5.41, 5.74) is 3.34. The topological polar surface area (TPSA) is 67.0 Å². The molecule has 20 heavy (non-hydrogen) atoms. The van der Waals surface area contributed by atoms with Gasteiger partial charge in [-0.2, -0.15) is 5.10 Å². The number of hydrogen-bond donors (Lipinski definition) is 2. The highest BCUT2D eigenvalue weighted by molar-refractivity contribution is 5.98. The van der Waals surface area contributed by atoms with E-state index in [4.69, 9.17) is 4.74 Å². The van der Waals surface area contributed by atoms with Gasteiger partial charge in [-0.15, -0.1) is 0 Å². The van der Waals surface area contributed by atoms with Gasteiger partial charge in [0.2, 0.25) is 0 Å². The molecule has 0 aliphatic rings. The first-order valence-corrected chi connectivity index (χ1v) is 6.58. The van der Waals surface area contributed by atoms with E-state index in [0.29, 0.717) is 11.3 Å². The fraction of sp³-hybridized carbons (Fsp3) is 0.333. The molecule has 0 atom stereocenters. The summed E-state index contributed by atoms with van der Waals surface area (Å²) in [4.78, 5) is 11.8. The minimum Gasteiger partial charge on any atom is -0.496 e. The summed E-state index contributed by atoms with van der Waals surface area (Å²) in [6.07, 6.45) is 1.68. The molecule has 1 aromatic heterocycles. The zero-order valence-corrected chi connectivity index (χ0v) is 12.6. The van der Waals surface area contributed by atoms with E-state index < -0.39 is 0 Å². The first-order valence-electron chi connectivity index (χ1n) is 6.58. The molecule has 2 aromatic rings. The van der Waals surface area contributed by atoms with Gasteiger partial charge in [0.25, 0.3) is 5.91 Å². The van der Waals surface area contributed by atoms with Crippen LogP contribution in [0.2, 0.25) is 0 Å². The van der Waals surface area contributed by atoms with Crippen molar-refractivity contribution in [2.45, 2.75) is 20.8 Å². The number of nitrogens with one attached hydrogen (secondary N) is 2. The highest BCUT2D eigenvalue weighted by atomic mass is 16.5. The molecule has 0 spiro atoms. The zero-order valence-electron chi connectivity index (χ0n) is 12.6. The van der Waals surface area contributed by atoms with Crippen molar-refractivity contribution < 1.29 is 9.53 Å². The molecule has 5 nitrogen and oxygen atoms in total. The molecule has 0 radical (unpaired) electrons. The van der Waals surface area contributed by atoms with Crippen molar-refractivity contribution in [3.05, 3.63) is 35.5 Å². The minimum absolute atomic E-state index is 0.174. The summed E-state index contributed by atoms with van der Waals surface area (Å²) < 4.78 is 5.23. The number of carbonyl (C=O) groups is 1. The number of methoxy groups -OCH3 is 1. The zero-order chi connectivity index (χ0) is 15.1. The van der Waals surface area contributed by atoms with Crippen LogP contribution in [-0.2, 0) is 0 Å². The highest BCUT2D eigenvalue weighted by Crippen LogP contribution is 2.29. The molecule has 0 saturated heterocycles. The maximum Gasteiger partial charge on any atom is 0.254 e. The number of benzene rings is 1. The number of H-pyrrole nitrogens is 1. The number of aromatic nitrogens is 2. The average Bonchev–Trinajstić information content (AvgIpc) is 3.02. The molecule has 0 saturated carbocycles. The standard InChI is InChI=1S/C13H15N3O2.C2H6/c1-8-6-12(18-3)10(13(17)14-2)7-9(8)11-4-5-15-16-11;1-2/h4-7H,1-3H3,(H,14,17)(H,15,16);1-2H3. The van der Waals surface area contributed by atoms with Crippen LogP contribution < -0.4 is 10.1 Å². The van der Waals surface area contributed by atoms with Crippen molar-refractivity contribution in [2.24, 2.45) is 0 Å². The number of rotatable bonds is 3. The Morgan fingerprint density at radius 1 is 1.35 bits per heavy atom. The third kappa shape index (κ3) is 3.17. The van der Waals surface area contributed by atoms with E-state index in [9.17, 15) is 4.79 Å². The third-order valence-electron chi connectivity index (χ3n) is 2.81. The van der Waals surface area contributed by atoms with Crippen molar-refractivity contribution in [3.8, 4) is 17.0 Å². The SMILES string of the molecule is CC.CNC(=O)c1cc(-c2ccn[nH]2)c(C)cc1OC. The molecule has 108 valence electrons. The lowest BCUT2D eigenvalue weighted by Gasteiger charge is -2.11. The molecular formula is C15H21N3O2. The van der Waals surface area contributed by atoms with Crippen LogP contribution >= 0.6 is 0 Å². The molecule has 0 aliphatic carbocycles. The van der Waals surface area contributed by atoms with Crippen LogP contribution in [0, 0.1) is 6.92 Å². The Bertz CT molecular complexity index is 563. The maximum absolute atomic E-state index is 11.8. The van der Waals surface area contributed by atoms with E-state index in [1.54, 1.807) is 26.4 Å². The number of carbonyl (C=O) groups excluding carboxylic acids is 1. The maximum atomic E-state index is 11.8. The van der Waals surface area contributed by atoms with Crippen LogP contribution in [0.25, 0.3) is 11.3 Å². The largest absolute Gasteiger partial charge is 0.496 e. The number of aryl methyl sites for hydroxylation is 1. The summed E-state index contributed by atoms with van der Waals surface area (Å²) in [5.74, 6) is 0.391. The van der Waals surface area contributed by atoms with Gasteiger partial charge in [0, 0.05) is 18.8 Å². The lowest BCUT2D eigenvalue weighted by atomic mass is 10.0. The van der Waals surface area contributed by atoms with Gasteiger partial charge in [0.05, 0.1) is 18.4 Å². The van der Waals surface area contributed by atoms with Crippen molar-refractivity contribution in [1.82, 2.24) is 15.5 Å². The minimum atomic E-state index is -0.174. The van der Waals surface area contributed by atoms with E-state index >= 15 is 0 Å². The normalized spacial score (nSPS) is 9.45. The Kier molecular flexibility index (Phi) is 5.77. The van der Waals surface area contributed by atoms with Gasteiger partial charge < -0.3 is 10.1 Å². The molecular weight excluding hydrogens is 254 g/mol. The summed E-state index contributed by atoms with van der Waals surface area (Å²) >= 11 is 0. The van der Waals surface area contributed by atoms with Crippen molar-refractivity contribution in [3.63, 3.8) is 0 Å². The molecule has 1 aromatic carbocycles. The van der Waals surface area contributed by atoms with Gasteiger partial charge in [0.1, 0.15) is 5.75 Å². The fourth-order valence-electron chi connectivity index (χ4n) is 1.86. The Labute approximate surface area is 119 Å². The third-order valence-corrected chi connectivity index (χ3v) is 2.81. The lowest BCUT2D eigenvalue weighted by molar-refractivity contribution is 0.0960. The Morgan fingerprint density at radius 2 is 2.05 bits per heavy atom. The van der Waals surface area contributed by atoms with Crippen molar-refractivity contribution in [2.75, 3.05) is 14.2 Å². The molecule has 2 N–H and O–H groups in total. The molecule has 2 rings (SSSR count). The average molecular weight is 275 g/mol. The number of ether oxygens (including phenoxy) is 1. The molecule has 5 heteroatoms. The fourth-order valence-corrected chi connectivity index (χ4v) is 1.86. The molecule has 0 aliphatic heterocycles. The van der Waals surface area contributed by atoms with Crippen LogP contribution in [0.3, 0.4) is 0 Å². The quantitative estimate of drug-likeness (QED) is 0.905. The molecule has 0 fully saturated rings. The second-order valence-corrected chi connectivity index (χ2v) is 3.92. The molecule has 0 bridgehead atoms. The monoisotopic (exact) mass is 275 g/mol. The van der Waals surface area contributed by atoms with Crippen LogP contribution in [0.15, 0.2) is 24.4 Å². The van der Waals surface area contributed by atoms with Crippen LogP contribution in [0.4, 0.5) is 0 Å². The molecule has 0 unspecified atom stereocenters. The van der Waals surface area contributed by atoms with Gasteiger partial charge in [-0.1, -0.05) is 13.8 Å². The van der Waals surface area contributed by atoms with E-state index in [1.165, 1.54) is 0 Å². The first kappa shape index (κ1) is 15.8. The Hall–Kier alpha value is -2.30. The van der Waals surface area contributed by atoms with Gasteiger partial charge in [0.15, 0.2) is 0 Å². The number of hydrogen-bond acceptors (Lipinski definition) is 3. The van der Waals surface area contributed by atoms with E-state index in [-0.39, 0.29) is 5.91 Å². The Balaban J connectivity index is 0.000000956.